The largest absolute Gasteiger partial charge is 0.477 e. The number of carboxylic acids is 1. The molecule has 2 amide bonds. The van der Waals surface area contributed by atoms with Crippen LogP contribution in [0.15, 0.2) is 21.7 Å². The van der Waals surface area contributed by atoms with Crippen molar-refractivity contribution in [3.05, 3.63) is 33.7 Å². The van der Waals surface area contributed by atoms with Crippen LogP contribution in [-0.4, -0.2) is 70.7 Å². The summed E-state index contributed by atoms with van der Waals surface area (Å²) >= 11 is 4.30. The number of nitrogens with one attached hydrogen (secondary N) is 1. The Hall–Kier alpha value is -2.38. The van der Waals surface area contributed by atoms with Crippen molar-refractivity contribution < 1.29 is 19.5 Å². The molecular formula is C18H20N6O4S3. The lowest BCUT2D eigenvalue weighted by atomic mass is 10.0. The number of aromatic nitrogens is 4. The van der Waals surface area contributed by atoms with Gasteiger partial charge in [0.05, 0.1) is 5.69 Å². The highest BCUT2D eigenvalue weighted by atomic mass is 32.2. The topological polar surface area (TPSA) is 130 Å². The Morgan fingerprint density at radius 3 is 2.71 bits per heavy atom. The summed E-state index contributed by atoms with van der Waals surface area (Å²) in [4.78, 5) is 38.4. The summed E-state index contributed by atoms with van der Waals surface area (Å²) < 4.78 is 2.33. The number of β-lactam (4-membered cyclic amide) rings is 1. The second-order valence-electron chi connectivity index (χ2n) is 7.17. The number of fused-ring (bicyclic) bond motifs is 1. The third-order valence-corrected chi connectivity index (χ3v) is 8.24. The van der Waals surface area contributed by atoms with Gasteiger partial charge in [0.1, 0.15) is 28.7 Å². The van der Waals surface area contributed by atoms with Gasteiger partial charge in [-0.1, -0.05) is 23.1 Å². The molecule has 4 heterocycles. The standard InChI is InChI=1S/C18H20N6O4S3/c1-8-4-9(2)23(22-8)5-12(25)19-13-15(26)24-14(17(27)28)11(6-29-16(13)24)7-30-18-21-20-10(3)31-18/h4,13,16H,5-7H2,1-3H3,(H,19,25)(H,27,28)/t13-,16-/m0/s1. The molecule has 0 spiro atoms. The lowest BCUT2D eigenvalue weighted by Gasteiger charge is -2.49. The van der Waals surface area contributed by atoms with Crippen molar-refractivity contribution in [2.75, 3.05) is 11.5 Å². The number of carboxylic acid groups (broad SMARTS) is 1. The van der Waals surface area contributed by atoms with E-state index in [1.165, 1.54) is 39.8 Å². The SMILES string of the molecule is Cc1cc(C)n(CC(=O)N[C@H]2C(=O)N3C(C(=O)O)=C(CSc4nnc(C)s4)CS[C@@H]23)n1. The van der Waals surface area contributed by atoms with Crippen molar-refractivity contribution in [3.63, 3.8) is 0 Å². The number of aliphatic carboxylic acids is 1. The number of amides is 2. The molecule has 0 radical (unpaired) electrons. The molecule has 31 heavy (non-hydrogen) atoms. The van der Waals surface area contributed by atoms with E-state index in [0.717, 1.165) is 20.7 Å². The van der Waals surface area contributed by atoms with Gasteiger partial charge in [0.15, 0.2) is 4.34 Å². The van der Waals surface area contributed by atoms with Gasteiger partial charge in [0.25, 0.3) is 5.91 Å². The Morgan fingerprint density at radius 1 is 1.32 bits per heavy atom. The van der Waals surface area contributed by atoms with Gasteiger partial charge >= 0.3 is 5.97 Å². The summed E-state index contributed by atoms with van der Waals surface area (Å²) in [6.45, 7) is 5.56. The molecule has 1 saturated heterocycles. The van der Waals surface area contributed by atoms with E-state index in [1.807, 2.05) is 26.8 Å². The van der Waals surface area contributed by atoms with Gasteiger partial charge in [-0.15, -0.1) is 22.0 Å². The van der Waals surface area contributed by atoms with Crippen molar-refractivity contribution in [2.24, 2.45) is 0 Å². The van der Waals surface area contributed by atoms with Crippen molar-refractivity contribution in [3.8, 4) is 0 Å². The maximum Gasteiger partial charge on any atom is 0.352 e. The molecule has 1 fully saturated rings. The normalized spacial score (nSPS) is 20.5. The molecule has 164 valence electrons. The van der Waals surface area contributed by atoms with Gasteiger partial charge in [-0.3, -0.25) is 19.2 Å². The van der Waals surface area contributed by atoms with Crippen LogP contribution < -0.4 is 5.32 Å². The predicted octanol–water partition coefficient (Wildman–Crippen LogP) is 1.19. The zero-order valence-corrected chi connectivity index (χ0v) is 19.4. The summed E-state index contributed by atoms with van der Waals surface area (Å²) in [5.74, 6) is -1.02. The Balaban J connectivity index is 1.43. The Morgan fingerprint density at radius 2 is 2.10 bits per heavy atom. The highest BCUT2D eigenvalue weighted by Crippen LogP contribution is 2.41. The number of rotatable bonds is 7. The average molecular weight is 481 g/mol. The summed E-state index contributed by atoms with van der Waals surface area (Å²) in [7, 11) is 0. The molecule has 4 rings (SSSR count). The monoisotopic (exact) mass is 480 g/mol. The van der Waals surface area contributed by atoms with Crippen LogP contribution in [0.3, 0.4) is 0 Å². The molecule has 2 atom stereocenters. The summed E-state index contributed by atoms with van der Waals surface area (Å²) in [6.07, 6.45) is 0. The van der Waals surface area contributed by atoms with Crippen LogP contribution in [0.1, 0.15) is 16.4 Å². The number of carbonyl (C=O) groups excluding carboxylic acids is 2. The van der Waals surface area contributed by atoms with Crippen molar-refractivity contribution in [2.45, 2.75) is 43.1 Å². The minimum absolute atomic E-state index is 0.00558. The van der Waals surface area contributed by atoms with Gasteiger partial charge in [-0.2, -0.15) is 5.10 Å². The van der Waals surface area contributed by atoms with E-state index in [2.05, 4.69) is 20.6 Å². The zero-order valence-electron chi connectivity index (χ0n) is 17.0. The van der Waals surface area contributed by atoms with Crippen molar-refractivity contribution in [1.29, 1.82) is 0 Å². The molecule has 0 aromatic carbocycles. The maximum absolute atomic E-state index is 12.7. The van der Waals surface area contributed by atoms with Gasteiger partial charge in [-0.25, -0.2) is 4.79 Å². The van der Waals surface area contributed by atoms with Crippen molar-refractivity contribution >= 4 is 52.6 Å². The van der Waals surface area contributed by atoms with Crippen LogP contribution in [0.5, 0.6) is 0 Å². The summed E-state index contributed by atoms with van der Waals surface area (Å²) in [5, 5.41) is 25.1. The average Bonchev–Trinajstić information content (AvgIpc) is 3.27. The second kappa shape index (κ2) is 8.63. The first-order chi connectivity index (χ1) is 14.7. The summed E-state index contributed by atoms with van der Waals surface area (Å²) in [5.41, 5.74) is 2.33. The third kappa shape index (κ3) is 4.34. The molecule has 2 N–H and O–H groups in total. The number of hydrogen-bond acceptors (Lipinski definition) is 9. The Labute approximate surface area is 190 Å². The lowest BCUT2D eigenvalue weighted by molar-refractivity contribution is -0.150. The van der Waals surface area contributed by atoms with E-state index in [-0.39, 0.29) is 18.1 Å². The van der Waals surface area contributed by atoms with Gasteiger partial charge < -0.3 is 10.4 Å². The van der Waals surface area contributed by atoms with Crippen LogP contribution in [0.2, 0.25) is 0 Å². The van der Waals surface area contributed by atoms with E-state index >= 15 is 0 Å². The number of hydrogen-bond donors (Lipinski definition) is 2. The molecular weight excluding hydrogens is 460 g/mol. The van der Waals surface area contributed by atoms with Crippen LogP contribution >= 0.6 is 34.9 Å². The fraction of sp³-hybridized carbons (Fsp3) is 0.444. The molecule has 0 saturated carbocycles. The molecule has 2 aliphatic heterocycles. The Kier molecular flexibility index (Phi) is 6.08. The molecule has 2 aromatic heterocycles. The lowest BCUT2D eigenvalue weighted by Crippen LogP contribution is -2.70. The maximum atomic E-state index is 12.7. The Bertz CT molecular complexity index is 1090. The zero-order chi connectivity index (χ0) is 22.3. The number of nitrogens with zero attached hydrogens (tertiary/aromatic N) is 5. The van der Waals surface area contributed by atoms with E-state index in [9.17, 15) is 19.5 Å². The molecule has 0 aliphatic carbocycles. The van der Waals surface area contributed by atoms with E-state index in [4.69, 9.17) is 0 Å². The first-order valence-corrected chi connectivity index (χ1v) is 12.2. The van der Waals surface area contributed by atoms with Crippen LogP contribution in [0.4, 0.5) is 0 Å². The van der Waals surface area contributed by atoms with E-state index < -0.39 is 23.3 Å². The molecule has 0 unspecified atom stereocenters. The molecule has 10 nitrogen and oxygen atoms in total. The number of carbonyl (C=O) groups is 3. The van der Waals surface area contributed by atoms with Crippen LogP contribution in [0.25, 0.3) is 0 Å². The minimum Gasteiger partial charge on any atom is -0.477 e. The third-order valence-electron chi connectivity index (χ3n) is 4.84. The highest BCUT2D eigenvalue weighted by Gasteiger charge is 2.54. The van der Waals surface area contributed by atoms with Crippen molar-refractivity contribution in [1.82, 2.24) is 30.2 Å². The van der Waals surface area contributed by atoms with E-state index in [0.29, 0.717) is 17.1 Å². The summed E-state index contributed by atoms with van der Waals surface area (Å²) in [6, 6.07) is 1.12. The fourth-order valence-corrected chi connectivity index (χ4v) is 6.77. The minimum atomic E-state index is -1.14. The highest BCUT2D eigenvalue weighted by molar-refractivity contribution is 8.01. The second-order valence-corrected chi connectivity index (χ2v) is 10.7. The van der Waals surface area contributed by atoms with Crippen LogP contribution in [-0.2, 0) is 20.9 Å². The first kappa shape index (κ1) is 21.8. The van der Waals surface area contributed by atoms with Crippen LogP contribution in [0, 0.1) is 20.8 Å². The molecule has 2 aromatic rings. The fourth-order valence-electron chi connectivity index (χ4n) is 3.47. The smallest absolute Gasteiger partial charge is 0.352 e. The molecule has 2 aliphatic rings. The predicted molar refractivity (Wildman–Crippen MR) is 117 cm³/mol. The first-order valence-electron chi connectivity index (χ1n) is 9.38. The van der Waals surface area contributed by atoms with Gasteiger partial charge in [0.2, 0.25) is 5.91 Å². The molecule has 0 bridgehead atoms. The molecule has 13 heteroatoms. The van der Waals surface area contributed by atoms with Gasteiger partial charge in [0, 0.05) is 17.2 Å². The van der Waals surface area contributed by atoms with E-state index in [1.54, 1.807) is 4.68 Å². The van der Waals surface area contributed by atoms with Gasteiger partial charge in [-0.05, 0) is 32.4 Å². The number of thioether (sulfide) groups is 2. The quantitative estimate of drug-likeness (QED) is 0.443. The number of aryl methyl sites for hydroxylation is 3.